The first-order valence-electron chi connectivity index (χ1n) is 5.80. The molecule has 2 heterocycles. The SMILES string of the molecule is C#CCOC(=O)Cc1csc(-n2c(C)ccc2C)n1. The maximum atomic E-state index is 11.4. The average molecular weight is 274 g/mol. The summed E-state index contributed by atoms with van der Waals surface area (Å²) >= 11 is 1.51. The summed E-state index contributed by atoms with van der Waals surface area (Å²) in [5.74, 6) is 1.91. The molecule has 98 valence electrons. The van der Waals surface area contributed by atoms with Gasteiger partial charge in [-0.3, -0.25) is 9.36 Å². The van der Waals surface area contributed by atoms with Gasteiger partial charge in [0.2, 0.25) is 0 Å². The van der Waals surface area contributed by atoms with Crippen molar-refractivity contribution < 1.29 is 9.53 Å². The molecule has 0 aliphatic heterocycles. The van der Waals surface area contributed by atoms with E-state index in [0.29, 0.717) is 5.69 Å². The van der Waals surface area contributed by atoms with Crippen molar-refractivity contribution in [2.24, 2.45) is 0 Å². The van der Waals surface area contributed by atoms with Crippen LogP contribution in [0, 0.1) is 26.2 Å². The minimum atomic E-state index is -0.351. The van der Waals surface area contributed by atoms with E-state index in [0.717, 1.165) is 16.5 Å². The van der Waals surface area contributed by atoms with Crippen LogP contribution in [0.15, 0.2) is 17.5 Å². The minimum Gasteiger partial charge on any atom is -0.452 e. The molecule has 2 rings (SSSR count). The molecule has 0 aliphatic rings. The molecule has 0 aliphatic carbocycles. The van der Waals surface area contributed by atoms with E-state index >= 15 is 0 Å². The summed E-state index contributed by atoms with van der Waals surface area (Å²) in [5, 5.41) is 2.73. The Morgan fingerprint density at radius 2 is 2.16 bits per heavy atom. The Morgan fingerprint density at radius 3 is 2.79 bits per heavy atom. The van der Waals surface area contributed by atoms with Crippen molar-refractivity contribution in [1.82, 2.24) is 9.55 Å². The number of hydrogen-bond donors (Lipinski definition) is 0. The number of nitrogens with zero attached hydrogens (tertiary/aromatic N) is 2. The lowest BCUT2D eigenvalue weighted by Crippen LogP contribution is -2.08. The molecule has 0 saturated heterocycles. The number of aryl methyl sites for hydroxylation is 2. The second kappa shape index (κ2) is 5.72. The van der Waals surface area contributed by atoms with Gasteiger partial charge in [0, 0.05) is 16.8 Å². The fourth-order valence-corrected chi connectivity index (χ4v) is 2.71. The number of terminal acetylenes is 1. The zero-order valence-electron chi connectivity index (χ0n) is 10.8. The topological polar surface area (TPSA) is 44.1 Å². The Morgan fingerprint density at radius 1 is 1.47 bits per heavy atom. The summed E-state index contributed by atoms with van der Waals surface area (Å²) < 4.78 is 6.88. The van der Waals surface area contributed by atoms with Crippen LogP contribution in [0.3, 0.4) is 0 Å². The van der Waals surface area contributed by atoms with Crippen LogP contribution in [0.4, 0.5) is 0 Å². The van der Waals surface area contributed by atoms with Crippen LogP contribution in [-0.2, 0) is 16.0 Å². The minimum absolute atomic E-state index is 0.00560. The first-order valence-corrected chi connectivity index (χ1v) is 6.68. The highest BCUT2D eigenvalue weighted by atomic mass is 32.1. The van der Waals surface area contributed by atoms with Gasteiger partial charge in [-0.05, 0) is 26.0 Å². The Balaban J connectivity index is 2.12. The van der Waals surface area contributed by atoms with Crippen molar-refractivity contribution in [1.29, 1.82) is 0 Å². The molecule has 0 saturated carbocycles. The summed E-state index contributed by atoms with van der Waals surface area (Å²) in [5.41, 5.74) is 2.94. The van der Waals surface area contributed by atoms with Gasteiger partial charge in [-0.25, -0.2) is 4.98 Å². The molecule has 5 heteroatoms. The lowest BCUT2D eigenvalue weighted by molar-refractivity contribution is -0.141. The summed E-state index contributed by atoms with van der Waals surface area (Å²) in [6.07, 6.45) is 5.18. The van der Waals surface area contributed by atoms with E-state index in [-0.39, 0.29) is 19.0 Å². The van der Waals surface area contributed by atoms with Crippen LogP contribution in [-0.4, -0.2) is 22.1 Å². The third-order valence-electron chi connectivity index (χ3n) is 2.64. The smallest absolute Gasteiger partial charge is 0.312 e. The molecule has 0 N–H and O–H groups in total. The Kier molecular flexibility index (Phi) is 4.03. The molecule has 0 unspecified atom stereocenters. The molecule has 2 aromatic rings. The number of thiazole rings is 1. The van der Waals surface area contributed by atoms with E-state index in [1.807, 2.05) is 31.4 Å². The zero-order chi connectivity index (χ0) is 13.8. The first-order chi connectivity index (χ1) is 9.11. The molecule has 0 spiro atoms. The van der Waals surface area contributed by atoms with E-state index in [9.17, 15) is 4.79 Å². The molecule has 0 aromatic carbocycles. The highest BCUT2D eigenvalue weighted by Gasteiger charge is 2.11. The molecule has 19 heavy (non-hydrogen) atoms. The second-order valence-electron chi connectivity index (χ2n) is 4.11. The lowest BCUT2D eigenvalue weighted by atomic mass is 10.3. The number of hydrogen-bond acceptors (Lipinski definition) is 4. The van der Waals surface area contributed by atoms with Crippen molar-refractivity contribution >= 4 is 17.3 Å². The van der Waals surface area contributed by atoms with Crippen LogP contribution in [0.1, 0.15) is 17.1 Å². The lowest BCUT2D eigenvalue weighted by Gasteiger charge is -2.03. The maximum absolute atomic E-state index is 11.4. The molecule has 0 amide bonds. The first kappa shape index (κ1) is 13.4. The molecule has 0 radical (unpaired) electrons. The molecule has 0 atom stereocenters. The van der Waals surface area contributed by atoms with Crippen LogP contribution in [0.25, 0.3) is 5.13 Å². The van der Waals surface area contributed by atoms with E-state index in [1.165, 1.54) is 11.3 Å². The Hall–Kier alpha value is -2.06. The highest BCUT2D eigenvalue weighted by Crippen LogP contribution is 2.20. The van der Waals surface area contributed by atoms with Gasteiger partial charge >= 0.3 is 5.97 Å². The summed E-state index contributed by atoms with van der Waals surface area (Å²) in [6.45, 7) is 4.05. The second-order valence-corrected chi connectivity index (χ2v) is 4.95. The van der Waals surface area contributed by atoms with Gasteiger partial charge in [0.25, 0.3) is 0 Å². The predicted octanol–water partition coefficient (Wildman–Crippen LogP) is 2.27. The standard InChI is InChI=1S/C14H14N2O2S/c1-4-7-18-13(17)8-12-9-19-14(15-12)16-10(2)5-6-11(16)3/h1,5-6,9H,7-8H2,2-3H3. The fraction of sp³-hybridized carbons (Fsp3) is 0.286. The van der Waals surface area contributed by atoms with Crippen LogP contribution in [0.5, 0.6) is 0 Å². The predicted molar refractivity (Wildman–Crippen MR) is 74.4 cm³/mol. The number of carbonyl (C=O) groups excluding carboxylic acids is 1. The Labute approximate surface area is 116 Å². The summed E-state index contributed by atoms with van der Waals surface area (Å²) in [6, 6.07) is 4.08. The van der Waals surface area contributed by atoms with Gasteiger partial charge in [-0.1, -0.05) is 5.92 Å². The van der Waals surface area contributed by atoms with E-state index in [1.54, 1.807) is 0 Å². The average Bonchev–Trinajstić information content (AvgIpc) is 2.94. The third kappa shape index (κ3) is 3.04. The van der Waals surface area contributed by atoms with Gasteiger partial charge in [0.15, 0.2) is 11.7 Å². The molecule has 2 aromatic heterocycles. The van der Waals surface area contributed by atoms with Gasteiger partial charge in [-0.15, -0.1) is 17.8 Å². The fourth-order valence-electron chi connectivity index (χ4n) is 1.77. The number of rotatable bonds is 4. The molecule has 4 nitrogen and oxygen atoms in total. The number of esters is 1. The van der Waals surface area contributed by atoms with Crippen molar-refractivity contribution in [3.05, 3.63) is 34.6 Å². The largest absolute Gasteiger partial charge is 0.452 e. The van der Waals surface area contributed by atoms with Crippen molar-refractivity contribution in [3.63, 3.8) is 0 Å². The monoisotopic (exact) mass is 274 g/mol. The quantitative estimate of drug-likeness (QED) is 0.634. The van der Waals surface area contributed by atoms with E-state index in [2.05, 4.69) is 15.5 Å². The van der Waals surface area contributed by atoms with Gasteiger partial charge in [-0.2, -0.15) is 0 Å². The van der Waals surface area contributed by atoms with Crippen LogP contribution in [0.2, 0.25) is 0 Å². The highest BCUT2D eigenvalue weighted by molar-refractivity contribution is 7.12. The maximum Gasteiger partial charge on any atom is 0.312 e. The summed E-state index contributed by atoms with van der Waals surface area (Å²) in [7, 11) is 0. The van der Waals surface area contributed by atoms with Gasteiger partial charge < -0.3 is 4.74 Å². The number of carbonyl (C=O) groups is 1. The van der Waals surface area contributed by atoms with Gasteiger partial charge in [0.1, 0.15) is 0 Å². The Bertz CT molecular complexity index is 615. The van der Waals surface area contributed by atoms with Crippen molar-refractivity contribution in [2.45, 2.75) is 20.3 Å². The zero-order valence-corrected chi connectivity index (χ0v) is 11.7. The van der Waals surface area contributed by atoms with E-state index < -0.39 is 0 Å². The van der Waals surface area contributed by atoms with E-state index in [4.69, 9.17) is 11.2 Å². The van der Waals surface area contributed by atoms with Gasteiger partial charge in [0.05, 0.1) is 12.1 Å². The van der Waals surface area contributed by atoms with Crippen LogP contribution < -0.4 is 0 Å². The van der Waals surface area contributed by atoms with Crippen molar-refractivity contribution in [2.75, 3.05) is 6.61 Å². The number of aromatic nitrogens is 2. The molecular weight excluding hydrogens is 260 g/mol. The third-order valence-corrected chi connectivity index (χ3v) is 3.52. The van der Waals surface area contributed by atoms with Crippen LogP contribution >= 0.6 is 11.3 Å². The molecule has 0 bridgehead atoms. The summed E-state index contributed by atoms with van der Waals surface area (Å²) in [4.78, 5) is 15.9. The molecule has 0 fully saturated rings. The normalized spacial score (nSPS) is 10.2. The van der Waals surface area contributed by atoms with Crippen molar-refractivity contribution in [3.8, 4) is 17.5 Å². The number of ether oxygens (including phenoxy) is 1. The molecular formula is C14H14N2O2S.